The first kappa shape index (κ1) is 16.8. The first-order chi connectivity index (χ1) is 10.2. The Morgan fingerprint density at radius 2 is 2.00 bits per heavy atom. The van der Waals surface area contributed by atoms with Crippen LogP contribution in [0.1, 0.15) is 32.8 Å². The zero-order valence-corrected chi connectivity index (χ0v) is 14.4. The van der Waals surface area contributed by atoms with E-state index in [4.69, 9.17) is 23.2 Å². The van der Waals surface area contributed by atoms with Gasteiger partial charge in [0.15, 0.2) is 0 Å². The van der Waals surface area contributed by atoms with Gasteiger partial charge in [-0.15, -0.1) is 0 Å². The van der Waals surface area contributed by atoms with Gasteiger partial charge in [-0.05, 0) is 23.1 Å². The summed E-state index contributed by atoms with van der Waals surface area (Å²) in [6.07, 6.45) is 2.09. The largest absolute Gasteiger partial charge is 0.311 e. The van der Waals surface area contributed by atoms with Gasteiger partial charge in [0.2, 0.25) is 5.91 Å². The number of carbonyl (C=O) groups excluding carboxylic acids is 1. The summed E-state index contributed by atoms with van der Waals surface area (Å²) in [6, 6.07) is 7.10. The molecular formula is C16H19Cl2N3O. The molecule has 1 heterocycles. The van der Waals surface area contributed by atoms with E-state index in [0.717, 1.165) is 5.56 Å². The van der Waals surface area contributed by atoms with Crippen LogP contribution >= 0.6 is 23.2 Å². The van der Waals surface area contributed by atoms with Gasteiger partial charge in [-0.25, -0.2) is 4.68 Å². The van der Waals surface area contributed by atoms with E-state index in [9.17, 15) is 4.79 Å². The molecular weight excluding hydrogens is 321 g/mol. The Morgan fingerprint density at radius 1 is 1.27 bits per heavy atom. The molecule has 0 saturated heterocycles. The van der Waals surface area contributed by atoms with Gasteiger partial charge in [0.25, 0.3) is 0 Å². The van der Waals surface area contributed by atoms with Gasteiger partial charge >= 0.3 is 0 Å². The van der Waals surface area contributed by atoms with Gasteiger partial charge < -0.3 is 5.32 Å². The number of anilines is 1. The first-order valence-electron chi connectivity index (χ1n) is 7.00. The molecule has 2 rings (SSSR count). The van der Waals surface area contributed by atoms with Crippen molar-refractivity contribution >= 4 is 34.9 Å². The molecule has 0 spiro atoms. The van der Waals surface area contributed by atoms with Gasteiger partial charge in [-0.1, -0.05) is 50.0 Å². The molecule has 1 aromatic carbocycles. The van der Waals surface area contributed by atoms with Gasteiger partial charge in [-0.2, -0.15) is 5.10 Å². The molecule has 0 aliphatic carbocycles. The Bertz CT molecular complexity index is 674. The summed E-state index contributed by atoms with van der Waals surface area (Å²) < 4.78 is 1.70. The zero-order chi connectivity index (χ0) is 16.3. The van der Waals surface area contributed by atoms with Crippen molar-refractivity contribution in [1.29, 1.82) is 0 Å². The number of aromatic nitrogens is 2. The highest BCUT2D eigenvalue weighted by Gasteiger charge is 2.17. The third-order valence-corrected chi connectivity index (χ3v) is 3.60. The molecule has 0 fully saturated rings. The summed E-state index contributed by atoms with van der Waals surface area (Å²) in [5.41, 5.74) is 0.829. The SMILES string of the molecule is CC(C)(C)CC(=O)Nc1ccnn1Cc1ccc(Cl)cc1Cl. The van der Waals surface area contributed by atoms with Crippen LogP contribution in [0.15, 0.2) is 30.5 Å². The van der Waals surface area contributed by atoms with E-state index in [2.05, 4.69) is 10.4 Å². The molecule has 0 aliphatic heterocycles. The van der Waals surface area contributed by atoms with Crippen molar-refractivity contribution in [3.8, 4) is 0 Å². The van der Waals surface area contributed by atoms with E-state index < -0.39 is 0 Å². The number of rotatable bonds is 4. The van der Waals surface area contributed by atoms with Crippen LogP contribution in [-0.2, 0) is 11.3 Å². The lowest BCUT2D eigenvalue weighted by molar-refractivity contribution is -0.117. The minimum Gasteiger partial charge on any atom is -0.311 e. The van der Waals surface area contributed by atoms with Crippen molar-refractivity contribution in [2.75, 3.05) is 5.32 Å². The normalized spacial score (nSPS) is 11.5. The summed E-state index contributed by atoms with van der Waals surface area (Å²) >= 11 is 12.1. The summed E-state index contributed by atoms with van der Waals surface area (Å²) in [5, 5.41) is 8.29. The van der Waals surface area contributed by atoms with Crippen LogP contribution in [0.2, 0.25) is 10.0 Å². The minimum atomic E-state index is -0.0611. The van der Waals surface area contributed by atoms with Crippen LogP contribution in [0.3, 0.4) is 0 Å². The van der Waals surface area contributed by atoms with Crippen molar-refractivity contribution in [2.24, 2.45) is 5.41 Å². The van der Waals surface area contributed by atoms with Crippen molar-refractivity contribution in [3.63, 3.8) is 0 Å². The molecule has 0 aliphatic rings. The van der Waals surface area contributed by atoms with E-state index in [1.807, 2.05) is 26.8 Å². The summed E-state index contributed by atoms with van der Waals surface area (Å²) in [6.45, 7) is 6.54. The van der Waals surface area contributed by atoms with Crippen LogP contribution < -0.4 is 5.32 Å². The molecule has 1 aromatic heterocycles. The molecule has 1 amide bonds. The first-order valence-corrected chi connectivity index (χ1v) is 7.76. The number of benzene rings is 1. The molecule has 6 heteroatoms. The predicted octanol–water partition coefficient (Wildman–Crippen LogP) is 4.61. The van der Waals surface area contributed by atoms with Crippen molar-refractivity contribution < 1.29 is 4.79 Å². The van der Waals surface area contributed by atoms with Crippen LogP contribution in [0, 0.1) is 5.41 Å². The summed E-state index contributed by atoms with van der Waals surface area (Å²) in [4.78, 5) is 12.0. The lowest BCUT2D eigenvalue weighted by atomic mass is 9.92. The quantitative estimate of drug-likeness (QED) is 0.883. The van der Waals surface area contributed by atoms with Crippen LogP contribution in [-0.4, -0.2) is 15.7 Å². The number of halogens is 2. The highest BCUT2D eigenvalue weighted by Crippen LogP contribution is 2.23. The maximum Gasteiger partial charge on any atom is 0.226 e. The fraction of sp³-hybridized carbons (Fsp3) is 0.375. The highest BCUT2D eigenvalue weighted by atomic mass is 35.5. The third kappa shape index (κ3) is 4.75. The second kappa shape index (κ2) is 6.71. The monoisotopic (exact) mass is 339 g/mol. The Hall–Kier alpha value is -1.52. The smallest absolute Gasteiger partial charge is 0.226 e. The Balaban J connectivity index is 2.11. The van der Waals surface area contributed by atoms with Crippen molar-refractivity contribution in [2.45, 2.75) is 33.7 Å². The highest BCUT2D eigenvalue weighted by molar-refractivity contribution is 6.35. The minimum absolute atomic E-state index is 0.0311. The second-order valence-electron chi connectivity index (χ2n) is 6.40. The average molecular weight is 340 g/mol. The lowest BCUT2D eigenvalue weighted by Crippen LogP contribution is -2.21. The van der Waals surface area contributed by atoms with Crippen LogP contribution in [0.5, 0.6) is 0 Å². The van der Waals surface area contributed by atoms with Gasteiger partial charge in [0.05, 0.1) is 12.7 Å². The molecule has 0 atom stereocenters. The molecule has 0 saturated carbocycles. The zero-order valence-electron chi connectivity index (χ0n) is 12.9. The Morgan fingerprint density at radius 3 is 2.64 bits per heavy atom. The number of nitrogens with zero attached hydrogens (tertiary/aromatic N) is 2. The van der Waals surface area contributed by atoms with Gasteiger partial charge in [-0.3, -0.25) is 4.79 Å². The molecule has 118 valence electrons. The van der Waals surface area contributed by atoms with E-state index in [1.165, 1.54) is 0 Å². The third-order valence-electron chi connectivity index (χ3n) is 3.01. The van der Waals surface area contributed by atoms with E-state index in [0.29, 0.717) is 28.8 Å². The van der Waals surface area contributed by atoms with Crippen LogP contribution in [0.4, 0.5) is 5.82 Å². The summed E-state index contributed by atoms with van der Waals surface area (Å²) in [5.74, 6) is 0.622. The fourth-order valence-corrected chi connectivity index (χ4v) is 2.51. The number of nitrogens with one attached hydrogen (secondary N) is 1. The van der Waals surface area contributed by atoms with Gasteiger partial charge in [0, 0.05) is 22.5 Å². The molecule has 0 radical (unpaired) electrons. The van der Waals surface area contributed by atoms with Gasteiger partial charge in [0.1, 0.15) is 5.82 Å². The van der Waals surface area contributed by atoms with Crippen LogP contribution in [0.25, 0.3) is 0 Å². The predicted molar refractivity (Wildman–Crippen MR) is 90.5 cm³/mol. The number of carbonyl (C=O) groups is 1. The standard InChI is InChI=1S/C16H19Cl2N3O/c1-16(2,3)9-15(22)20-14-6-7-19-21(14)10-11-4-5-12(17)8-13(11)18/h4-8H,9-10H2,1-3H3,(H,20,22). The van der Waals surface area contributed by atoms with Crippen molar-refractivity contribution in [3.05, 3.63) is 46.1 Å². The molecule has 22 heavy (non-hydrogen) atoms. The number of hydrogen-bond acceptors (Lipinski definition) is 2. The summed E-state index contributed by atoms with van der Waals surface area (Å²) in [7, 11) is 0. The maximum atomic E-state index is 12.0. The van der Waals surface area contributed by atoms with E-state index in [1.54, 1.807) is 29.1 Å². The topological polar surface area (TPSA) is 46.9 Å². The Kier molecular flexibility index (Phi) is 5.14. The molecule has 1 N–H and O–H groups in total. The maximum absolute atomic E-state index is 12.0. The Labute approximate surface area is 140 Å². The van der Waals surface area contributed by atoms with Crippen molar-refractivity contribution in [1.82, 2.24) is 9.78 Å². The fourth-order valence-electron chi connectivity index (χ4n) is 2.04. The molecule has 0 unspecified atom stereocenters. The molecule has 0 bridgehead atoms. The second-order valence-corrected chi connectivity index (χ2v) is 7.24. The van der Waals surface area contributed by atoms with E-state index >= 15 is 0 Å². The lowest BCUT2D eigenvalue weighted by Gasteiger charge is -2.17. The molecule has 4 nitrogen and oxygen atoms in total. The molecule has 2 aromatic rings. The average Bonchev–Trinajstić information content (AvgIpc) is 2.77. The number of hydrogen-bond donors (Lipinski definition) is 1. The number of amides is 1. The van der Waals surface area contributed by atoms with E-state index in [-0.39, 0.29) is 11.3 Å².